The van der Waals surface area contributed by atoms with E-state index in [1.54, 1.807) is 31.0 Å². The van der Waals surface area contributed by atoms with E-state index < -0.39 is 5.60 Å². The number of carbonyl (C=O) groups excluding carboxylic acids is 1. The second-order valence-electron chi connectivity index (χ2n) is 5.51. The first-order valence-electron chi connectivity index (χ1n) is 7.18. The summed E-state index contributed by atoms with van der Waals surface area (Å²) in [6, 6.07) is 13.6. The average molecular weight is 319 g/mol. The molecule has 2 N–H and O–H groups in total. The lowest BCUT2D eigenvalue weighted by Gasteiger charge is -2.22. The fourth-order valence-electron chi connectivity index (χ4n) is 2.03. The number of carbonyl (C=O) groups is 1. The molecule has 5 heteroatoms. The summed E-state index contributed by atoms with van der Waals surface area (Å²) >= 11 is 1.56. The van der Waals surface area contributed by atoms with E-state index in [1.807, 2.05) is 36.4 Å². The zero-order chi connectivity index (χ0) is 15.8. The van der Waals surface area contributed by atoms with E-state index in [4.69, 9.17) is 4.42 Å². The lowest BCUT2D eigenvalue weighted by atomic mass is 10.0. The van der Waals surface area contributed by atoms with E-state index in [0.29, 0.717) is 17.9 Å². The van der Waals surface area contributed by atoms with Gasteiger partial charge in [0.25, 0.3) is 0 Å². The standard InChI is InChI=1S/C17H21NO3S/c1-17(20,10-15-8-5-9-21-15)13-18-16(19)12-22-11-14-6-3-2-4-7-14/h2-9,20H,10-13H2,1H3,(H,18,19). The molecule has 4 nitrogen and oxygen atoms in total. The Kier molecular flexibility index (Phi) is 6.10. The predicted octanol–water partition coefficient (Wildman–Crippen LogP) is 2.62. The second-order valence-corrected chi connectivity index (χ2v) is 6.49. The number of thioether (sulfide) groups is 1. The fourth-order valence-corrected chi connectivity index (χ4v) is 2.84. The minimum absolute atomic E-state index is 0.0688. The van der Waals surface area contributed by atoms with Crippen LogP contribution in [-0.2, 0) is 17.0 Å². The molecule has 118 valence electrons. The molecule has 1 aromatic heterocycles. The van der Waals surface area contributed by atoms with Crippen LogP contribution < -0.4 is 5.32 Å². The molecule has 1 aromatic carbocycles. The van der Waals surface area contributed by atoms with E-state index >= 15 is 0 Å². The van der Waals surface area contributed by atoms with E-state index in [2.05, 4.69) is 5.32 Å². The van der Waals surface area contributed by atoms with Crippen LogP contribution in [0.15, 0.2) is 53.1 Å². The Labute approximate surface area is 134 Å². The van der Waals surface area contributed by atoms with Crippen LogP contribution in [0.25, 0.3) is 0 Å². The molecule has 0 aliphatic rings. The highest BCUT2D eigenvalue weighted by Gasteiger charge is 2.23. The molecule has 0 spiro atoms. The van der Waals surface area contributed by atoms with Gasteiger partial charge in [0.2, 0.25) is 5.91 Å². The van der Waals surface area contributed by atoms with Crippen LogP contribution in [-0.4, -0.2) is 28.9 Å². The third-order valence-electron chi connectivity index (χ3n) is 3.15. The molecule has 0 fully saturated rings. The van der Waals surface area contributed by atoms with Crippen molar-refractivity contribution < 1.29 is 14.3 Å². The van der Waals surface area contributed by atoms with Crippen LogP contribution in [0, 0.1) is 0 Å². The molecule has 1 atom stereocenters. The molecule has 0 radical (unpaired) electrons. The smallest absolute Gasteiger partial charge is 0.230 e. The van der Waals surface area contributed by atoms with Crippen molar-refractivity contribution in [1.29, 1.82) is 0 Å². The van der Waals surface area contributed by atoms with Gasteiger partial charge >= 0.3 is 0 Å². The summed E-state index contributed by atoms with van der Waals surface area (Å²) in [4.78, 5) is 11.8. The van der Waals surface area contributed by atoms with Gasteiger partial charge in [-0.25, -0.2) is 0 Å². The Morgan fingerprint density at radius 3 is 2.73 bits per heavy atom. The second kappa shape index (κ2) is 8.06. The monoisotopic (exact) mass is 319 g/mol. The summed E-state index contributed by atoms with van der Waals surface area (Å²) in [6.07, 6.45) is 1.95. The Morgan fingerprint density at radius 2 is 2.05 bits per heavy atom. The molecule has 0 bridgehead atoms. The highest BCUT2D eigenvalue weighted by molar-refractivity contribution is 7.99. The minimum Gasteiger partial charge on any atom is -0.469 e. The third-order valence-corrected chi connectivity index (χ3v) is 4.15. The van der Waals surface area contributed by atoms with Crippen LogP contribution in [0.4, 0.5) is 0 Å². The van der Waals surface area contributed by atoms with Gasteiger partial charge in [-0.05, 0) is 24.6 Å². The molecular weight excluding hydrogens is 298 g/mol. The maximum atomic E-state index is 11.8. The number of nitrogens with one attached hydrogen (secondary N) is 1. The summed E-state index contributed by atoms with van der Waals surface area (Å²) in [5.74, 6) is 1.82. The first-order chi connectivity index (χ1) is 10.6. The molecule has 0 aliphatic heterocycles. The summed E-state index contributed by atoms with van der Waals surface area (Å²) in [6.45, 7) is 1.89. The van der Waals surface area contributed by atoms with Gasteiger partial charge in [-0.1, -0.05) is 30.3 Å². The van der Waals surface area contributed by atoms with Gasteiger partial charge in [-0.3, -0.25) is 4.79 Å². The van der Waals surface area contributed by atoms with E-state index in [-0.39, 0.29) is 12.5 Å². The molecule has 1 unspecified atom stereocenters. The van der Waals surface area contributed by atoms with Crippen molar-refractivity contribution in [1.82, 2.24) is 5.32 Å². The van der Waals surface area contributed by atoms with Crippen LogP contribution in [0.2, 0.25) is 0 Å². The number of hydrogen-bond donors (Lipinski definition) is 2. The molecule has 0 aliphatic carbocycles. The van der Waals surface area contributed by atoms with Gasteiger partial charge in [0.05, 0.1) is 17.6 Å². The highest BCUT2D eigenvalue weighted by atomic mass is 32.2. The molecule has 2 rings (SSSR count). The zero-order valence-corrected chi connectivity index (χ0v) is 13.4. The SMILES string of the molecule is CC(O)(CNC(=O)CSCc1ccccc1)Cc1ccco1. The molecule has 2 aromatic rings. The van der Waals surface area contributed by atoms with Crippen LogP contribution in [0.5, 0.6) is 0 Å². The summed E-state index contributed by atoms with van der Waals surface area (Å²) < 4.78 is 5.21. The lowest BCUT2D eigenvalue weighted by Crippen LogP contribution is -2.42. The van der Waals surface area contributed by atoms with Crippen molar-refractivity contribution >= 4 is 17.7 Å². The van der Waals surface area contributed by atoms with E-state index in [0.717, 1.165) is 5.75 Å². The van der Waals surface area contributed by atoms with Crippen molar-refractivity contribution in [3.8, 4) is 0 Å². The van der Waals surface area contributed by atoms with Crippen LogP contribution >= 0.6 is 11.8 Å². The Balaban J connectivity index is 1.66. The fraction of sp³-hybridized carbons (Fsp3) is 0.353. The number of rotatable bonds is 8. The largest absolute Gasteiger partial charge is 0.469 e. The van der Waals surface area contributed by atoms with Gasteiger partial charge < -0.3 is 14.8 Å². The number of amides is 1. The van der Waals surface area contributed by atoms with Gasteiger partial charge in [-0.2, -0.15) is 0 Å². The Morgan fingerprint density at radius 1 is 1.27 bits per heavy atom. The molecule has 1 heterocycles. The van der Waals surface area contributed by atoms with Crippen molar-refractivity contribution in [3.05, 3.63) is 60.1 Å². The Hall–Kier alpha value is -1.72. The molecule has 1 amide bonds. The Bertz CT molecular complexity index is 567. The summed E-state index contributed by atoms with van der Waals surface area (Å²) in [5, 5.41) is 13.0. The third kappa shape index (κ3) is 5.95. The first-order valence-corrected chi connectivity index (χ1v) is 8.34. The zero-order valence-electron chi connectivity index (χ0n) is 12.6. The molecular formula is C17H21NO3S. The maximum absolute atomic E-state index is 11.8. The van der Waals surface area contributed by atoms with Gasteiger partial charge in [-0.15, -0.1) is 11.8 Å². The van der Waals surface area contributed by atoms with E-state index in [9.17, 15) is 9.90 Å². The van der Waals surface area contributed by atoms with Crippen molar-refractivity contribution in [2.24, 2.45) is 0 Å². The average Bonchev–Trinajstić information content (AvgIpc) is 2.99. The highest BCUT2D eigenvalue weighted by Crippen LogP contribution is 2.14. The van der Waals surface area contributed by atoms with Crippen molar-refractivity contribution in [2.75, 3.05) is 12.3 Å². The first kappa shape index (κ1) is 16.6. The number of furan rings is 1. The maximum Gasteiger partial charge on any atom is 0.230 e. The summed E-state index contributed by atoms with van der Waals surface area (Å²) in [7, 11) is 0. The molecule has 0 saturated heterocycles. The molecule has 22 heavy (non-hydrogen) atoms. The summed E-state index contributed by atoms with van der Waals surface area (Å²) in [5.41, 5.74) is 0.183. The van der Waals surface area contributed by atoms with Crippen LogP contribution in [0.3, 0.4) is 0 Å². The van der Waals surface area contributed by atoms with Gasteiger partial charge in [0.15, 0.2) is 0 Å². The van der Waals surface area contributed by atoms with Gasteiger partial charge in [0.1, 0.15) is 5.76 Å². The predicted molar refractivity (Wildman–Crippen MR) is 88.6 cm³/mol. The lowest BCUT2D eigenvalue weighted by molar-refractivity contribution is -0.119. The van der Waals surface area contributed by atoms with Crippen molar-refractivity contribution in [3.63, 3.8) is 0 Å². The quantitative estimate of drug-likeness (QED) is 0.785. The number of aliphatic hydroxyl groups is 1. The topological polar surface area (TPSA) is 62.5 Å². The van der Waals surface area contributed by atoms with Crippen molar-refractivity contribution in [2.45, 2.75) is 24.7 Å². The normalized spacial score (nSPS) is 13.5. The number of benzene rings is 1. The number of hydrogen-bond acceptors (Lipinski definition) is 4. The minimum atomic E-state index is -1.02. The van der Waals surface area contributed by atoms with Gasteiger partial charge in [0, 0.05) is 18.7 Å². The van der Waals surface area contributed by atoms with Crippen LogP contribution in [0.1, 0.15) is 18.2 Å². The van der Waals surface area contributed by atoms with E-state index in [1.165, 1.54) is 5.56 Å². The molecule has 0 saturated carbocycles.